The Bertz CT molecular complexity index is 941. The van der Waals surface area contributed by atoms with Crippen molar-refractivity contribution in [2.45, 2.75) is 46.1 Å². The molecule has 3 heterocycles. The third kappa shape index (κ3) is 2.71. The van der Waals surface area contributed by atoms with Crippen molar-refractivity contribution in [2.75, 3.05) is 6.54 Å². The molecule has 1 aliphatic rings. The molecule has 1 fully saturated rings. The fourth-order valence-corrected chi connectivity index (χ4v) is 3.57. The van der Waals surface area contributed by atoms with E-state index < -0.39 is 0 Å². The van der Waals surface area contributed by atoms with Gasteiger partial charge in [-0.05, 0) is 37.8 Å². The Morgan fingerprint density at radius 1 is 1.32 bits per heavy atom. The number of carbonyl (C=O) groups is 1. The van der Waals surface area contributed by atoms with Gasteiger partial charge in [-0.2, -0.15) is 4.98 Å². The summed E-state index contributed by atoms with van der Waals surface area (Å²) in [5.41, 5.74) is 4.11. The Hall–Kier alpha value is -2.63. The number of hydrogen-bond donors (Lipinski definition) is 0. The number of hydrogen-bond acceptors (Lipinski definition) is 5. The first kappa shape index (κ1) is 15.9. The van der Waals surface area contributed by atoms with E-state index in [-0.39, 0.29) is 11.9 Å². The summed E-state index contributed by atoms with van der Waals surface area (Å²) in [6, 6.07) is 4.02. The van der Waals surface area contributed by atoms with Crippen LogP contribution in [0.15, 0.2) is 27.3 Å². The molecule has 4 rings (SSSR count). The third-order valence-corrected chi connectivity index (χ3v) is 5.10. The lowest BCUT2D eigenvalue weighted by molar-refractivity contribution is -0.131. The fourth-order valence-electron chi connectivity index (χ4n) is 3.57. The van der Waals surface area contributed by atoms with Crippen LogP contribution in [0.5, 0.6) is 0 Å². The zero-order valence-electron chi connectivity index (χ0n) is 14.7. The van der Waals surface area contributed by atoms with Gasteiger partial charge in [-0.25, -0.2) is 0 Å². The lowest BCUT2D eigenvalue weighted by Crippen LogP contribution is -2.32. The zero-order chi connectivity index (χ0) is 17.6. The minimum absolute atomic E-state index is 0.0749. The Morgan fingerprint density at radius 3 is 2.92 bits per heavy atom. The van der Waals surface area contributed by atoms with Gasteiger partial charge >= 0.3 is 0 Å². The van der Waals surface area contributed by atoms with E-state index in [9.17, 15) is 4.79 Å². The SMILES string of the molecule is Cc1nc([C@H]2CCCN2C(=O)Cc2coc3c(C)c(C)ccc23)no1. The van der Waals surface area contributed by atoms with Crippen LogP contribution < -0.4 is 0 Å². The monoisotopic (exact) mass is 339 g/mol. The maximum atomic E-state index is 12.9. The Balaban J connectivity index is 1.58. The van der Waals surface area contributed by atoms with Gasteiger partial charge < -0.3 is 13.8 Å². The first-order valence-corrected chi connectivity index (χ1v) is 8.60. The largest absolute Gasteiger partial charge is 0.464 e. The number of likely N-dealkylation sites (tertiary alicyclic amines) is 1. The number of benzene rings is 1. The molecule has 1 atom stereocenters. The summed E-state index contributed by atoms with van der Waals surface area (Å²) < 4.78 is 10.8. The minimum Gasteiger partial charge on any atom is -0.464 e. The molecular formula is C19H21N3O3. The molecule has 2 aromatic heterocycles. The Labute approximate surface area is 145 Å². The van der Waals surface area contributed by atoms with E-state index in [0.717, 1.165) is 41.5 Å². The van der Waals surface area contributed by atoms with Gasteiger partial charge in [0.2, 0.25) is 11.8 Å². The molecule has 130 valence electrons. The molecule has 3 aromatic rings. The van der Waals surface area contributed by atoms with Crippen LogP contribution in [0.1, 0.15) is 47.3 Å². The standard InChI is InChI=1S/C19H21N3O3/c1-11-6-7-15-14(10-24-18(15)12(11)2)9-17(23)22-8-4-5-16(22)19-20-13(3)25-21-19/h6-7,10,16H,4-5,8-9H2,1-3H3/t16-/m1/s1. The van der Waals surface area contributed by atoms with Crippen molar-refractivity contribution < 1.29 is 13.7 Å². The molecule has 0 unspecified atom stereocenters. The van der Waals surface area contributed by atoms with Crippen molar-refractivity contribution in [2.24, 2.45) is 0 Å². The van der Waals surface area contributed by atoms with Gasteiger partial charge in [0.05, 0.1) is 18.7 Å². The van der Waals surface area contributed by atoms with Crippen molar-refractivity contribution in [3.63, 3.8) is 0 Å². The van der Waals surface area contributed by atoms with Gasteiger partial charge in [0.25, 0.3) is 0 Å². The lowest BCUT2D eigenvalue weighted by Gasteiger charge is -2.22. The second-order valence-electron chi connectivity index (χ2n) is 6.74. The smallest absolute Gasteiger partial charge is 0.227 e. The highest BCUT2D eigenvalue weighted by Crippen LogP contribution is 2.32. The Kier molecular flexibility index (Phi) is 3.82. The number of carbonyl (C=O) groups excluding carboxylic acids is 1. The van der Waals surface area contributed by atoms with Gasteiger partial charge in [-0.3, -0.25) is 4.79 Å². The molecular weight excluding hydrogens is 318 g/mol. The highest BCUT2D eigenvalue weighted by Gasteiger charge is 2.33. The predicted octanol–water partition coefficient (Wildman–Crippen LogP) is 3.65. The van der Waals surface area contributed by atoms with Gasteiger partial charge in [0.15, 0.2) is 5.82 Å². The van der Waals surface area contributed by atoms with E-state index in [0.29, 0.717) is 18.1 Å². The van der Waals surface area contributed by atoms with E-state index in [2.05, 4.69) is 23.1 Å². The average Bonchev–Trinajstić information content (AvgIpc) is 3.30. The molecule has 0 saturated carbocycles. The molecule has 6 heteroatoms. The molecule has 0 bridgehead atoms. The highest BCUT2D eigenvalue weighted by atomic mass is 16.5. The molecule has 1 saturated heterocycles. The second kappa shape index (κ2) is 6.02. The molecule has 1 amide bonds. The van der Waals surface area contributed by atoms with E-state index >= 15 is 0 Å². The zero-order valence-corrected chi connectivity index (χ0v) is 14.7. The topological polar surface area (TPSA) is 72.4 Å². The molecule has 0 aliphatic carbocycles. The van der Waals surface area contributed by atoms with Crippen molar-refractivity contribution in [3.05, 3.63) is 46.8 Å². The number of furan rings is 1. The number of amides is 1. The van der Waals surface area contributed by atoms with Crippen molar-refractivity contribution in [1.29, 1.82) is 0 Å². The van der Waals surface area contributed by atoms with Gasteiger partial charge in [0.1, 0.15) is 5.58 Å². The summed E-state index contributed by atoms with van der Waals surface area (Å²) in [6.07, 6.45) is 3.85. The summed E-state index contributed by atoms with van der Waals surface area (Å²) in [5, 5.41) is 5.02. The van der Waals surface area contributed by atoms with Crippen LogP contribution in [0.2, 0.25) is 0 Å². The van der Waals surface area contributed by atoms with E-state index in [1.807, 2.05) is 17.9 Å². The first-order valence-electron chi connectivity index (χ1n) is 8.60. The van der Waals surface area contributed by atoms with Crippen molar-refractivity contribution >= 4 is 16.9 Å². The summed E-state index contributed by atoms with van der Waals surface area (Å²) in [6.45, 7) is 6.59. The number of aryl methyl sites for hydroxylation is 3. The first-order chi connectivity index (χ1) is 12.0. The summed E-state index contributed by atoms with van der Waals surface area (Å²) in [4.78, 5) is 19.1. The molecule has 1 aliphatic heterocycles. The fraction of sp³-hybridized carbons (Fsp3) is 0.421. The van der Waals surface area contributed by atoms with Crippen LogP contribution in [-0.2, 0) is 11.2 Å². The van der Waals surface area contributed by atoms with Gasteiger partial charge in [-0.15, -0.1) is 0 Å². The van der Waals surface area contributed by atoms with Crippen LogP contribution in [0.4, 0.5) is 0 Å². The molecule has 1 aromatic carbocycles. The van der Waals surface area contributed by atoms with Gasteiger partial charge in [0, 0.05) is 24.4 Å². The van der Waals surface area contributed by atoms with Crippen molar-refractivity contribution in [1.82, 2.24) is 15.0 Å². The van der Waals surface area contributed by atoms with Crippen LogP contribution in [-0.4, -0.2) is 27.5 Å². The van der Waals surface area contributed by atoms with Crippen LogP contribution >= 0.6 is 0 Å². The molecule has 0 N–H and O–H groups in total. The van der Waals surface area contributed by atoms with E-state index in [1.165, 1.54) is 5.56 Å². The second-order valence-corrected chi connectivity index (χ2v) is 6.74. The van der Waals surface area contributed by atoms with Crippen molar-refractivity contribution in [3.8, 4) is 0 Å². The van der Waals surface area contributed by atoms with Gasteiger partial charge in [-0.1, -0.05) is 17.3 Å². The van der Waals surface area contributed by atoms with E-state index in [1.54, 1.807) is 13.2 Å². The molecule has 25 heavy (non-hydrogen) atoms. The number of aromatic nitrogens is 2. The normalized spacial score (nSPS) is 17.6. The quantitative estimate of drug-likeness (QED) is 0.728. The lowest BCUT2D eigenvalue weighted by atomic mass is 10.0. The number of nitrogens with zero attached hydrogens (tertiary/aromatic N) is 3. The highest BCUT2D eigenvalue weighted by molar-refractivity contribution is 5.89. The summed E-state index contributed by atoms with van der Waals surface area (Å²) in [7, 11) is 0. The number of fused-ring (bicyclic) bond motifs is 1. The van der Waals surface area contributed by atoms with E-state index in [4.69, 9.17) is 8.94 Å². The summed E-state index contributed by atoms with van der Waals surface area (Å²) >= 11 is 0. The maximum absolute atomic E-state index is 12.9. The van der Waals surface area contributed by atoms with Crippen LogP contribution in [0.25, 0.3) is 11.0 Å². The summed E-state index contributed by atoms with van der Waals surface area (Å²) in [5.74, 6) is 1.21. The predicted molar refractivity (Wildman–Crippen MR) is 92.1 cm³/mol. The van der Waals surface area contributed by atoms with Crippen LogP contribution in [0, 0.1) is 20.8 Å². The third-order valence-electron chi connectivity index (χ3n) is 5.10. The Morgan fingerprint density at radius 2 is 2.16 bits per heavy atom. The average molecular weight is 339 g/mol. The maximum Gasteiger partial charge on any atom is 0.227 e. The molecule has 0 spiro atoms. The minimum atomic E-state index is -0.0907. The van der Waals surface area contributed by atoms with Crippen LogP contribution in [0.3, 0.4) is 0 Å². The number of rotatable bonds is 3. The molecule has 6 nitrogen and oxygen atoms in total. The molecule has 0 radical (unpaired) electrons.